The van der Waals surface area contributed by atoms with Crippen molar-refractivity contribution in [3.05, 3.63) is 29.1 Å². The molecule has 1 aromatic carbocycles. The molecule has 1 aromatic rings. The minimum absolute atomic E-state index is 0.0399. The van der Waals surface area contributed by atoms with Gasteiger partial charge < -0.3 is 15.7 Å². The van der Waals surface area contributed by atoms with Crippen molar-refractivity contribution in [2.24, 2.45) is 5.92 Å². The third-order valence-corrected chi connectivity index (χ3v) is 3.83. The summed E-state index contributed by atoms with van der Waals surface area (Å²) in [7, 11) is 0. The standard InChI is InChI=1S/C15H19FN2O3/c1-8(7-19)9(2)17-15(21)11-5-10-3-4-14(20)18-13(10)6-12(11)16/h5-6,8-9,19H,3-4,7H2,1-2H3,(H,17,21)(H,18,20). The number of aryl methyl sites for hydroxylation is 1. The molecule has 1 aliphatic heterocycles. The molecule has 5 nitrogen and oxygen atoms in total. The Labute approximate surface area is 122 Å². The molecule has 0 bridgehead atoms. The van der Waals surface area contributed by atoms with Crippen LogP contribution in [0.2, 0.25) is 0 Å². The van der Waals surface area contributed by atoms with Gasteiger partial charge in [0.25, 0.3) is 5.91 Å². The topological polar surface area (TPSA) is 78.4 Å². The Kier molecular flexibility index (Phi) is 4.57. The maximum atomic E-state index is 14.0. The predicted octanol–water partition coefficient (Wildman–Crippen LogP) is 1.46. The maximum absolute atomic E-state index is 14.0. The molecule has 114 valence electrons. The van der Waals surface area contributed by atoms with Crippen LogP contribution in [0.4, 0.5) is 10.1 Å². The second-order valence-corrected chi connectivity index (χ2v) is 5.46. The van der Waals surface area contributed by atoms with Crippen molar-refractivity contribution in [2.75, 3.05) is 11.9 Å². The summed E-state index contributed by atoms with van der Waals surface area (Å²) in [5, 5.41) is 14.3. The fraction of sp³-hybridized carbons (Fsp3) is 0.467. The molecule has 0 aliphatic carbocycles. The summed E-state index contributed by atoms with van der Waals surface area (Å²) in [6.45, 7) is 3.50. The molecular weight excluding hydrogens is 275 g/mol. The SMILES string of the molecule is CC(CO)C(C)NC(=O)c1cc2c(cc1F)NC(=O)CC2. The third-order valence-electron chi connectivity index (χ3n) is 3.83. The number of rotatable bonds is 4. The number of carbonyl (C=O) groups is 2. The lowest BCUT2D eigenvalue weighted by atomic mass is 9.99. The number of hydrogen-bond donors (Lipinski definition) is 3. The largest absolute Gasteiger partial charge is 0.396 e. The van der Waals surface area contributed by atoms with E-state index in [2.05, 4.69) is 10.6 Å². The normalized spacial score (nSPS) is 16.7. The second kappa shape index (κ2) is 6.22. The number of anilines is 1. The van der Waals surface area contributed by atoms with Gasteiger partial charge in [-0.05, 0) is 37.0 Å². The number of aliphatic hydroxyl groups excluding tert-OH is 1. The first-order valence-corrected chi connectivity index (χ1v) is 6.96. The van der Waals surface area contributed by atoms with Gasteiger partial charge in [-0.3, -0.25) is 9.59 Å². The number of hydrogen-bond acceptors (Lipinski definition) is 3. The van der Waals surface area contributed by atoms with Crippen LogP contribution < -0.4 is 10.6 Å². The number of benzene rings is 1. The lowest BCUT2D eigenvalue weighted by molar-refractivity contribution is -0.116. The highest BCUT2D eigenvalue weighted by Gasteiger charge is 2.22. The molecule has 0 saturated heterocycles. The zero-order chi connectivity index (χ0) is 15.6. The van der Waals surface area contributed by atoms with Crippen LogP contribution in [-0.2, 0) is 11.2 Å². The number of fused-ring (bicyclic) bond motifs is 1. The first-order chi connectivity index (χ1) is 9.92. The minimum Gasteiger partial charge on any atom is -0.396 e. The van der Waals surface area contributed by atoms with Gasteiger partial charge >= 0.3 is 0 Å². The number of amides is 2. The number of aliphatic hydroxyl groups is 1. The van der Waals surface area contributed by atoms with E-state index in [4.69, 9.17) is 5.11 Å². The molecule has 2 amide bonds. The molecule has 0 spiro atoms. The van der Waals surface area contributed by atoms with Gasteiger partial charge in [0.1, 0.15) is 5.82 Å². The molecule has 2 unspecified atom stereocenters. The summed E-state index contributed by atoms with van der Waals surface area (Å²) in [6, 6.07) is 2.40. The van der Waals surface area contributed by atoms with Crippen molar-refractivity contribution in [3.8, 4) is 0 Å². The van der Waals surface area contributed by atoms with Gasteiger partial charge in [-0.2, -0.15) is 0 Å². The fourth-order valence-electron chi connectivity index (χ4n) is 2.16. The van der Waals surface area contributed by atoms with Gasteiger partial charge in [-0.15, -0.1) is 0 Å². The van der Waals surface area contributed by atoms with Crippen LogP contribution in [0, 0.1) is 11.7 Å². The van der Waals surface area contributed by atoms with E-state index in [0.717, 1.165) is 5.56 Å². The molecule has 0 fully saturated rings. The lowest BCUT2D eigenvalue weighted by Crippen LogP contribution is -2.38. The third kappa shape index (κ3) is 3.39. The first kappa shape index (κ1) is 15.4. The van der Waals surface area contributed by atoms with Gasteiger partial charge in [0.05, 0.1) is 5.56 Å². The molecule has 0 radical (unpaired) electrons. The van der Waals surface area contributed by atoms with E-state index >= 15 is 0 Å². The summed E-state index contributed by atoms with van der Waals surface area (Å²) in [6.07, 6.45) is 0.821. The number of carbonyl (C=O) groups excluding carboxylic acids is 2. The Hall–Kier alpha value is -1.95. The average molecular weight is 294 g/mol. The smallest absolute Gasteiger partial charge is 0.254 e. The second-order valence-electron chi connectivity index (χ2n) is 5.46. The van der Waals surface area contributed by atoms with Crippen LogP contribution in [0.25, 0.3) is 0 Å². The zero-order valence-electron chi connectivity index (χ0n) is 12.1. The van der Waals surface area contributed by atoms with Crippen LogP contribution in [0.3, 0.4) is 0 Å². The minimum atomic E-state index is -0.669. The summed E-state index contributed by atoms with van der Waals surface area (Å²) in [5.41, 5.74) is 1.14. The maximum Gasteiger partial charge on any atom is 0.254 e. The zero-order valence-corrected chi connectivity index (χ0v) is 12.1. The van der Waals surface area contributed by atoms with E-state index in [-0.39, 0.29) is 30.0 Å². The van der Waals surface area contributed by atoms with Crippen molar-refractivity contribution in [1.29, 1.82) is 0 Å². The fourth-order valence-corrected chi connectivity index (χ4v) is 2.16. The summed E-state index contributed by atoms with van der Waals surface area (Å²) in [4.78, 5) is 23.4. The van der Waals surface area contributed by atoms with Crippen molar-refractivity contribution < 1.29 is 19.1 Å². The highest BCUT2D eigenvalue weighted by Crippen LogP contribution is 2.26. The first-order valence-electron chi connectivity index (χ1n) is 6.96. The van der Waals surface area contributed by atoms with Gasteiger partial charge in [0.2, 0.25) is 5.91 Å². The molecule has 0 saturated carbocycles. The average Bonchev–Trinajstić information content (AvgIpc) is 2.45. The summed E-state index contributed by atoms with van der Waals surface area (Å²) >= 11 is 0. The Balaban J connectivity index is 2.20. The van der Waals surface area contributed by atoms with Crippen LogP contribution in [0.5, 0.6) is 0 Å². The lowest BCUT2D eigenvalue weighted by Gasteiger charge is -2.21. The quantitative estimate of drug-likeness (QED) is 0.786. The van der Waals surface area contributed by atoms with Gasteiger partial charge in [-0.25, -0.2) is 4.39 Å². The number of nitrogens with one attached hydrogen (secondary N) is 2. The van der Waals surface area contributed by atoms with Crippen LogP contribution >= 0.6 is 0 Å². The molecule has 1 heterocycles. The molecule has 1 aliphatic rings. The van der Waals surface area contributed by atoms with Crippen molar-refractivity contribution in [3.63, 3.8) is 0 Å². The van der Waals surface area contributed by atoms with E-state index < -0.39 is 11.7 Å². The Morgan fingerprint density at radius 1 is 1.43 bits per heavy atom. The molecule has 6 heteroatoms. The van der Waals surface area contributed by atoms with Gasteiger partial charge in [-0.1, -0.05) is 6.92 Å². The Bertz CT molecular complexity index is 574. The Morgan fingerprint density at radius 3 is 2.81 bits per heavy atom. The monoisotopic (exact) mass is 294 g/mol. The van der Waals surface area contributed by atoms with E-state index in [0.29, 0.717) is 18.5 Å². The van der Waals surface area contributed by atoms with E-state index in [1.54, 1.807) is 13.8 Å². The summed E-state index contributed by atoms with van der Waals surface area (Å²) < 4.78 is 14.0. The summed E-state index contributed by atoms with van der Waals surface area (Å²) in [5.74, 6) is -1.45. The highest BCUT2D eigenvalue weighted by atomic mass is 19.1. The number of halogens is 1. The van der Waals surface area contributed by atoms with Crippen LogP contribution in [0.15, 0.2) is 12.1 Å². The van der Waals surface area contributed by atoms with Crippen LogP contribution in [0.1, 0.15) is 36.2 Å². The van der Waals surface area contributed by atoms with E-state index in [9.17, 15) is 14.0 Å². The van der Waals surface area contributed by atoms with Crippen molar-refractivity contribution in [2.45, 2.75) is 32.7 Å². The van der Waals surface area contributed by atoms with E-state index in [1.807, 2.05) is 0 Å². The van der Waals surface area contributed by atoms with Gasteiger partial charge in [0, 0.05) is 24.8 Å². The Morgan fingerprint density at radius 2 is 2.14 bits per heavy atom. The van der Waals surface area contributed by atoms with Crippen molar-refractivity contribution >= 4 is 17.5 Å². The molecule has 0 aromatic heterocycles. The highest BCUT2D eigenvalue weighted by molar-refractivity contribution is 5.98. The predicted molar refractivity (Wildman–Crippen MR) is 76.5 cm³/mol. The van der Waals surface area contributed by atoms with Gasteiger partial charge in [0.15, 0.2) is 0 Å². The van der Waals surface area contributed by atoms with E-state index in [1.165, 1.54) is 12.1 Å². The molecule has 2 atom stereocenters. The van der Waals surface area contributed by atoms with Crippen molar-refractivity contribution in [1.82, 2.24) is 5.32 Å². The molecule has 2 rings (SSSR count). The molecule has 21 heavy (non-hydrogen) atoms. The molecular formula is C15H19FN2O3. The van der Waals surface area contributed by atoms with Crippen LogP contribution in [-0.4, -0.2) is 29.6 Å². The molecule has 3 N–H and O–H groups in total.